The van der Waals surface area contributed by atoms with Crippen LogP contribution in [0.2, 0.25) is 0 Å². The molecule has 0 amide bonds. The zero-order chi connectivity index (χ0) is 14.9. The lowest BCUT2D eigenvalue weighted by molar-refractivity contribution is 0.0453. The molecule has 1 unspecified atom stereocenters. The molecule has 3 aromatic rings. The lowest BCUT2D eigenvalue weighted by Crippen LogP contribution is -2.39. The van der Waals surface area contributed by atoms with Crippen molar-refractivity contribution in [1.82, 2.24) is 4.98 Å². The summed E-state index contributed by atoms with van der Waals surface area (Å²) in [7, 11) is 0. The molecular formula is C17H16ClFN2O. The van der Waals surface area contributed by atoms with Gasteiger partial charge in [-0.1, -0.05) is 36.4 Å². The summed E-state index contributed by atoms with van der Waals surface area (Å²) >= 11 is 0. The molecule has 0 fully saturated rings. The zero-order valence-electron chi connectivity index (χ0n) is 11.7. The second kappa shape index (κ2) is 6.40. The van der Waals surface area contributed by atoms with E-state index < -0.39 is 5.72 Å². The van der Waals surface area contributed by atoms with Crippen LogP contribution in [0, 0.1) is 5.82 Å². The van der Waals surface area contributed by atoms with Crippen molar-refractivity contribution in [2.24, 2.45) is 5.73 Å². The Bertz CT molecular complexity index is 770. The van der Waals surface area contributed by atoms with Gasteiger partial charge in [0.05, 0.1) is 5.52 Å². The van der Waals surface area contributed by atoms with Crippen LogP contribution in [0.4, 0.5) is 4.39 Å². The molecule has 3 rings (SSSR count). The molecule has 0 aliphatic rings. The fourth-order valence-corrected chi connectivity index (χ4v) is 2.46. The second-order valence-corrected chi connectivity index (χ2v) is 5.11. The van der Waals surface area contributed by atoms with Crippen LogP contribution in [0.15, 0.2) is 60.8 Å². The van der Waals surface area contributed by atoms with Gasteiger partial charge in [-0.25, -0.2) is 4.39 Å². The van der Waals surface area contributed by atoms with Crippen molar-refractivity contribution >= 4 is 23.3 Å². The minimum atomic E-state index is -1.56. The maximum atomic E-state index is 12.9. The molecule has 1 heterocycles. The predicted molar refractivity (Wildman–Crippen MR) is 87.2 cm³/mol. The Labute approximate surface area is 134 Å². The molecule has 3 nitrogen and oxygen atoms in total. The van der Waals surface area contributed by atoms with Gasteiger partial charge in [0.15, 0.2) is 0 Å². The largest absolute Gasteiger partial charge is 0.371 e. The van der Waals surface area contributed by atoms with Gasteiger partial charge in [0.1, 0.15) is 11.5 Å². The van der Waals surface area contributed by atoms with Crippen molar-refractivity contribution in [3.8, 4) is 0 Å². The summed E-state index contributed by atoms with van der Waals surface area (Å²) in [6.45, 7) is 0. The van der Waals surface area contributed by atoms with E-state index in [1.165, 1.54) is 12.1 Å². The van der Waals surface area contributed by atoms with Gasteiger partial charge in [-0.2, -0.15) is 0 Å². The number of aromatic nitrogens is 1. The number of aliphatic hydroxyl groups is 1. The summed E-state index contributed by atoms with van der Waals surface area (Å²) in [6, 6.07) is 15.2. The SMILES string of the molecule is Cl.NC(O)(Cc1ccc(F)cc1)c1cccc2cccnc12. The highest BCUT2D eigenvalue weighted by Gasteiger charge is 2.26. The Hall–Kier alpha value is -2.01. The van der Waals surface area contributed by atoms with Gasteiger partial charge >= 0.3 is 0 Å². The molecule has 3 N–H and O–H groups in total. The fraction of sp³-hybridized carbons (Fsp3) is 0.118. The number of nitrogens with zero attached hydrogens (tertiary/aromatic N) is 1. The molecule has 2 aromatic carbocycles. The van der Waals surface area contributed by atoms with E-state index in [-0.39, 0.29) is 24.6 Å². The molecule has 0 aliphatic heterocycles. The van der Waals surface area contributed by atoms with Crippen molar-refractivity contribution in [3.63, 3.8) is 0 Å². The number of hydrogen-bond acceptors (Lipinski definition) is 3. The number of rotatable bonds is 3. The number of para-hydroxylation sites is 1. The average molecular weight is 319 g/mol. The predicted octanol–water partition coefficient (Wildman–Crippen LogP) is 3.14. The minimum Gasteiger partial charge on any atom is -0.371 e. The van der Waals surface area contributed by atoms with Crippen molar-refractivity contribution in [2.75, 3.05) is 0 Å². The van der Waals surface area contributed by atoms with E-state index in [2.05, 4.69) is 4.98 Å². The monoisotopic (exact) mass is 318 g/mol. The first-order valence-corrected chi connectivity index (χ1v) is 6.66. The molecule has 1 atom stereocenters. The van der Waals surface area contributed by atoms with Crippen LogP contribution in [0.5, 0.6) is 0 Å². The molecule has 0 radical (unpaired) electrons. The van der Waals surface area contributed by atoms with Gasteiger partial charge in [-0.05, 0) is 23.8 Å². The molecule has 5 heteroatoms. The first kappa shape index (κ1) is 16.4. The standard InChI is InChI=1S/C17H15FN2O.ClH/c18-14-8-6-12(7-9-14)11-17(19,21)15-5-1-3-13-4-2-10-20-16(13)15;/h1-10,21H,11,19H2;1H. The Balaban J connectivity index is 0.00000176. The Morgan fingerprint density at radius 1 is 1.05 bits per heavy atom. The molecule has 0 saturated heterocycles. The van der Waals surface area contributed by atoms with E-state index in [4.69, 9.17) is 5.73 Å². The highest BCUT2D eigenvalue weighted by Crippen LogP contribution is 2.26. The van der Waals surface area contributed by atoms with Crippen LogP contribution in [0.1, 0.15) is 11.1 Å². The van der Waals surface area contributed by atoms with E-state index in [0.717, 1.165) is 10.9 Å². The number of hydrogen-bond donors (Lipinski definition) is 2. The second-order valence-electron chi connectivity index (χ2n) is 5.11. The minimum absolute atomic E-state index is 0. The van der Waals surface area contributed by atoms with Crippen LogP contribution in [-0.4, -0.2) is 10.1 Å². The third-order valence-electron chi connectivity index (χ3n) is 3.49. The van der Waals surface area contributed by atoms with Crippen LogP contribution >= 0.6 is 12.4 Å². The first-order chi connectivity index (χ1) is 10.1. The number of halogens is 2. The van der Waals surface area contributed by atoms with Crippen LogP contribution < -0.4 is 5.73 Å². The maximum absolute atomic E-state index is 12.9. The molecule has 114 valence electrons. The van der Waals surface area contributed by atoms with Crippen molar-refractivity contribution in [3.05, 3.63) is 77.7 Å². The summed E-state index contributed by atoms with van der Waals surface area (Å²) < 4.78 is 12.9. The van der Waals surface area contributed by atoms with Crippen LogP contribution in [0.25, 0.3) is 10.9 Å². The average Bonchev–Trinajstić information content (AvgIpc) is 2.49. The third-order valence-corrected chi connectivity index (χ3v) is 3.49. The first-order valence-electron chi connectivity index (χ1n) is 6.66. The van der Waals surface area contributed by atoms with Crippen molar-refractivity contribution in [1.29, 1.82) is 0 Å². The smallest absolute Gasteiger partial charge is 0.145 e. The summed E-state index contributed by atoms with van der Waals surface area (Å²) in [5.74, 6) is -0.314. The summed E-state index contributed by atoms with van der Waals surface area (Å²) in [5, 5.41) is 11.6. The van der Waals surface area contributed by atoms with Gasteiger partial charge < -0.3 is 5.11 Å². The van der Waals surface area contributed by atoms with E-state index in [9.17, 15) is 9.50 Å². The van der Waals surface area contributed by atoms with Gasteiger partial charge in [-0.15, -0.1) is 12.4 Å². The summed E-state index contributed by atoms with van der Waals surface area (Å²) in [4.78, 5) is 4.30. The Morgan fingerprint density at radius 3 is 2.45 bits per heavy atom. The maximum Gasteiger partial charge on any atom is 0.145 e. The molecule has 0 saturated carbocycles. The number of pyridine rings is 1. The van der Waals surface area contributed by atoms with Gasteiger partial charge in [-0.3, -0.25) is 10.7 Å². The van der Waals surface area contributed by atoms with E-state index in [1.807, 2.05) is 24.3 Å². The molecule has 0 spiro atoms. The lowest BCUT2D eigenvalue weighted by atomic mass is 9.93. The quantitative estimate of drug-likeness (QED) is 0.729. The summed E-state index contributed by atoms with van der Waals surface area (Å²) in [5.41, 5.74) is 6.52. The van der Waals surface area contributed by atoms with E-state index in [0.29, 0.717) is 11.1 Å². The van der Waals surface area contributed by atoms with Gasteiger partial charge in [0.25, 0.3) is 0 Å². The number of benzene rings is 2. The van der Waals surface area contributed by atoms with Crippen LogP contribution in [0.3, 0.4) is 0 Å². The van der Waals surface area contributed by atoms with Crippen molar-refractivity contribution < 1.29 is 9.50 Å². The van der Waals surface area contributed by atoms with E-state index >= 15 is 0 Å². The highest BCUT2D eigenvalue weighted by atomic mass is 35.5. The fourth-order valence-electron chi connectivity index (χ4n) is 2.46. The molecule has 1 aromatic heterocycles. The Kier molecular flexibility index (Phi) is 4.76. The third kappa shape index (κ3) is 3.25. The van der Waals surface area contributed by atoms with Crippen LogP contribution in [-0.2, 0) is 12.1 Å². The Morgan fingerprint density at radius 2 is 1.73 bits per heavy atom. The zero-order valence-corrected chi connectivity index (χ0v) is 12.6. The molecule has 0 bridgehead atoms. The summed E-state index contributed by atoms with van der Waals surface area (Å²) in [6.07, 6.45) is 1.85. The topological polar surface area (TPSA) is 59.1 Å². The van der Waals surface area contributed by atoms with Gasteiger partial charge in [0, 0.05) is 23.6 Å². The lowest BCUT2D eigenvalue weighted by Gasteiger charge is -2.25. The van der Waals surface area contributed by atoms with Gasteiger partial charge in [0.2, 0.25) is 0 Å². The number of nitrogens with two attached hydrogens (primary N) is 1. The number of fused-ring (bicyclic) bond motifs is 1. The highest BCUT2D eigenvalue weighted by molar-refractivity contribution is 5.85. The molecule has 0 aliphatic carbocycles. The molecular weight excluding hydrogens is 303 g/mol. The van der Waals surface area contributed by atoms with E-state index in [1.54, 1.807) is 24.4 Å². The van der Waals surface area contributed by atoms with Crippen molar-refractivity contribution in [2.45, 2.75) is 12.1 Å². The molecule has 22 heavy (non-hydrogen) atoms. The normalized spacial score (nSPS) is 13.4.